The zero-order valence-corrected chi connectivity index (χ0v) is 19.0. The Hall–Kier alpha value is -2.79. The van der Waals surface area contributed by atoms with Gasteiger partial charge in [0.2, 0.25) is 0 Å². The predicted molar refractivity (Wildman–Crippen MR) is 125 cm³/mol. The van der Waals surface area contributed by atoms with Crippen molar-refractivity contribution < 1.29 is 14.3 Å². The molecule has 0 heterocycles. The Kier molecular flexibility index (Phi) is 7.52. The maximum atomic E-state index is 13.1. The minimum absolute atomic E-state index is 0.0292. The third-order valence-electron chi connectivity index (χ3n) is 5.07. The number of methoxy groups -OCH3 is 2. The Morgan fingerprint density at radius 1 is 0.933 bits per heavy atom. The summed E-state index contributed by atoms with van der Waals surface area (Å²) in [5.74, 6) is 1.18. The number of carbonyl (C=O) groups excluding carboxylic acids is 1. The molecule has 0 aliphatic heterocycles. The highest BCUT2D eigenvalue weighted by Gasteiger charge is 2.19. The number of hydrogen-bond acceptors (Lipinski definition) is 4. The third-order valence-corrected chi connectivity index (χ3v) is 5.60. The highest BCUT2D eigenvalue weighted by molar-refractivity contribution is 9.10. The summed E-state index contributed by atoms with van der Waals surface area (Å²) in [6.45, 7) is 2.13. The number of Topliss-reactive ketones (excluding diaryl/α,β-unsaturated/α-hetero) is 1. The number of anilines is 1. The molecule has 0 aliphatic carbocycles. The summed E-state index contributed by atoms with van der Waals surface area (Å²) in [6.07, 6.45) is 1.31. The second kappa shape index (κ2) is 10.3. The van der Waals surface area contributed by atoms with Gasteiger partial charge in [0.05, 0.1) is 20.3 Å². The summed E-state index contributed by atoms with van der Waals surface area (Å²) in [7, 11) is 3.15. The van der Waals surface area contributed by atoms with Crippen LogP contribution in [-0.2, 0) is 6.42 Å². The van der Waals surface area contributed by atoms with E-state index >= 15 is 0 Å². The molecule has 156 valence electrons. The summed E-state index contributed by atoms with van der Waals surface area (Å²) in [5.41, 5.74) is 3.91. The van der Waals surface area contributed by atoms with E-state index in [0.29, 0.717) is 23.5 Å². The standard InChI is InChI=1S/C25H26BrNO3/c1-4-17-5-12-21(13-6-17)27-22(18-7-10-20(26)11-8-18)16-23(28)19-9-14-24(29-2)25(15-19)30-3/h5-15,22,27H,4,16H2,1-3H3. The molecule has 5 heteroatoms. The fourth-order valence-electron chi connectivity index (χ4n) is 3.30. The Labute approximate surface area is 186 Å². The maximum Gasteiger partial charge on any atom is 0.165 e. The van der Waals surface area contributed by atoms with Crippen molar-refractivity contribution >= 4 is 27.4 Å². The lowest BCUT2D eigenvalue weighted by atomic mass is 9.97. The average Bonchev–Trinajstić information content (AvgIpc) is 2.79. The van der Waals surface area contributed by atoms with E-state index in [1.54, 1.807) is 32.4 Å². The van der Waals surface area contributed by atoms with Crippen LogP contribution in [0.1, 0.15) is 40.9 Å². The first kappa shape index (κ1) is 21.9. The molecular weight excluding hydrogens is 442 g/mol. The molecule has 1 unspecified atom stereocenters. The number of rotatable bonds is 9. The molecule has 4 nitrogen and oxygen atoms in total. The first-order chi connectivity index (χ1) is 14.5. The Morgan fingerprint density at radius 3 is 2.20 bits per heavy atom. The van der Waals surface area contributed by atoms with Gasteiger partial charge in [0.15, 0.2) is 17.3 Å². The number of halogens is 1. The molecule has 3 aromatic rings. The van der Waals surface area contributed by atoms with Crippen LogP contribution in [0.25, 0.3) is 0 Å². The van der Waals surface area contributed by atoms with Crippen LogP contribution in [0.15, 0.2) is 71.2 Å². The van der Waals surface area contributed by atoms with Crippen LogP contribution in [0.2, 0.25) is 0 Å². The largest absolute Gasteiger partial charge is 0.493 e. The van der Waals surface area contributed by atoms with E-state index in [1.807, 2.05) is 24.3 Å². The minimum atomic E-state index is -0.161. The van der Waals surface area contributed by atoms with Crippen LogP contribution in [0.3, 0.4) is 0 Å². The fraction of sp³-hybridized carbons (Fsp3) is 0.240. The van der Waals surface area contributed by atoms with Gasteiger partial charge in [-0.15, -0.1) is 0 Å². The quantitative estimate of drug-likeness (QED) is 0.367. The van der Waals surface area contributed by atoms with Gasteiger partial charge < -0.3 is 14.8 Å². The Morgan fingerprint density at radius 2 is 1.60 bits per heavy atom. The Balaban J connectivity index is 1.85. The van der Waals surface area contributed by atoms with Crippen molar-refractivity contribution in [1.82, 2.24) is 0 Å². The molecule has 3 rings (SSSR count). The van der Waals surface area contributed by atoms with Crippen LogP contribution >= 0.6 is 15.9 Å². The van der Waals surface area contributed by atoms with Crippen molar-refractivity contribution in [3.05, 3.63) is 87.9 Å². The monoisotopic (exact) mass is 467 g/mol. The van der Waals surface area contributed by atoms with Crippen LogP contribution in [0.5, 0.6) is 11.5 Å². The normalized spacial score (nSPS) is 11.6. The van der Waals surface area contributed by atoms with E-state index in [-0.39, 0.29) is 11.8 Å². The lowest BCUT2D eigenvalue weighted by Crippen LogP contribution is -2.16. The lowest BCUT2D eigenvalue weighted by molar-refractivity contribution is 0.0976. The van der Waals surface area contributed by atoms with E-state index in [4.69, 9.17) is 9.47 Å². The highest BCUT2D eigenvalue weighted by atomic mass is 79.9. The van der Waals surface area contributed by atoms with Crippen molar-refractivity contribution in [2.75, 3.05) is 19.5 Å². The summed E-state index contributed by atoms with van der Waals surface area (Å²) >= 11 is 3.48. The predicted octanol–water partition coefficient (Wildman–Crippen LogP) is 6.45. The summed E-state index contributed by atoms with van der Waals surface area (Å²) in [5, 5.41) is 3.53. The minimum Gasteiger partial charge on any atom is -0.493 e. The zero-order chi connectivity index (χ0) is 21.5. The molecule has 1 atom stereocenters. The molecule has 1 N–H and O–H groups in total. The molecule has 3 aromatic carbocycles. The van der Waals surface area contributed by atoms with Gasteiger partial charge in [-0.3, -0.25) is 4.79 Å². The molecule has 0 saturated heterocycles. The van der Waals surface area contributed by atoms with Gasteiger partial charge in [-0.05, 0) is 60.0 Å². The van der Waals surface area contributed by atoms with E-state index < -0.39 is 0 Å². The molecule has 0 spiro atoms. The molecule has 0 bridgehead atoms. The number of ether oxygens (including phenoxy) is 2. The van der Waals surface area contributed by atoms with Gasteiger partial charge in [0, 0.05) is 22.1 Å². The van der Waals surface area contributed by atoms with Gasteiger partial charge in [-0.25, -0.2) is 0 Å². The maximum absolute atomic E-state index is 13.1. The van der Waals surface area contributed by atoms with Gasteiger partial charge in [0.1, 0.15) is 0 Å². The molecule has 0 aromatic heterocycles. The molecule has 0 radical (unpaired) electrons. The highest BCUT2D eigenvalue weighted by Crippen LogP contribution is 2.30. The van der Waals surface area contributed by atoms with E-state index in [0.717, 1.165) is 22.1 Å². The second-order valence-corrected chi connectivity index (χ2v) is 7.91. The van der Waals surface area contributed by atoms with E-state index in [1.165, 1.54) is 5.56 Å². The van der Waals surface area contributed by atoms with Gasteiger partial charge >= 0.3 is 0 Å². The fourth-order valence-corrected chi connectivity index (χ4v) is 3.56. The summed E-state index contributed by atoms with van der Waals surface area (Å²) in [6, 6.07) is 21.5. The van der Waals surface area contributed by atoms with Crippen molar-refractivity contribution in [3.8, 4) is 11.5 Å². The SMILES string of the molecule is CCc1ccc(NC(CC(=O)c2ccc(OC)c(OC)c2)c2ccc(Br)cc2)cc1. The molecule has 0 saturated carbocycles. The molecular formula is C25H26BrNO3. The molecule has 0 aliphatic rings. The van der Waals surface area contributed by atoms with Crippen LogP contribution in [-0.4, -0.2) is 20.0 Å². The van der Waals surface area contributed by atoms with Crippen LogP contribution < -0.4 is 14.8 Å². The first-order valence-corrected chi connectivity index (χ1v) is 10.7. The average molecular weight is 468 g/mol. The van der Waals surface area contributed by atoms with Crippen molar-refractivity contribution in [2.45, 2.75) is 25.8 Å². The second-order valence-electron chi connectivity index (χ2n) is 7.00. The number of nitrogens with one attached hydrogen (secondary N) is 1. The van der Waals surface area contributed by atoms with Gasteiger partial charge in [-0.2, -0.15) is 0 Å². The van der Waals surface area contributed by atoms with Gasteiger partial charge in [0.25, 0.3) is 0 Å². The van der Waals surface area contributed by atoms with Crippen LogP contribution in [0.4, 0.5) is 5.69 Å². The lowest BCUT2D eigenvalue weighted by Gasteiger charge is -2.21. The molecule has 0 amide bonds. The number of benzene rings is 3. The zero-order valence-electron chi connectivity index (χ0n) is 17.4. The number of ketones is 1. The summed E-state index contributed by atoms with van der Waals surface area (Å²) in [4.78, 5) is 13.1. The summed E-state index contributed by atoms with van der Waals surface area (Å²) < 4.78 is 11.6. The first-order valence-electron chi connectivity index (χ1n) is 9.90. The van der Waals surface area contributed by atoms with Crippen molar-refractivity contribution in [1.29, 1.82) is 0 Å². The Bertz CT molecular complexity index is 984. The van der Waals surface area contributed by atoms with Crippen LogP contribution in [0, 0.1) is 0 Å². The van der Waals surface area contributed by atoms with Crippen molar-refractivity contribution in [2.24, 2.45) is 0 Å². The smallest absolute Gasteiger partial charge is 0.165 e. The van der Waals surface area contributed by atoms with Crippen molar-refractivity contribution in [3.63, 3.8) is 0 Å². The van der Waals surface area contributed by atoms with E-state index in [9.17, 15) is 4.79 Å². The number of aryl methyl sites for hydroxylation is 1. The van der Waals surface area contributed by atoms with E-state index in [2.05, 4.69) is 52.4 Å². The molecule has 0 fully saturated rings. The molecule has 30 heavy (non-hydrogen) atoms. The number of hydrogen-bond donors (Lipinski definition) is 1. The topological polar surface area (TPSA) is 47.6 Å². The number of carbonyl (C=O) groups is 1. The van der Waals surface area contributed by atoms with Gasteiger partial charge in [-0.1, -0.05) is 47.1 Å². The third kappa shape index (κ3) is 5.42.